The molecule has 0 bridgehead atoms. The summed E-state index contributed by atoms with van der Waals surface area (Å²) in [6.07, 6.45) is 5.83. The van der Waals surface area contributed by atoms with Crippen molar-refractivity contribution < 1.29 is 18.7 Å². The maximum Gasteiger partial charge on any atom is 0.309 e. The van der Waals surface area contributed by atoms with E-state index in [2.05, 4.69) is 5.10 Å². The minimum atomic E-state index is -0.364. The number of benzene rings is 1. The van der Waals surface area contributed by atoms with Crippen LogP contribution in [0.15, 0.2) is 52.2 Å². The van der Waals surface area contributed by atoms with Gasteiger partial charge in [-0.25, -0.2) is 5.01 Å². The first-order valence-electron chi connectivity index (χ1n) is 9.47. The van der Waals surface area contributed by atoms with Gasteiger partial charge in [-0.1, -0.05) is 36.6 Å². The molecule has 1 amide bonds. The summed E-state index contributed by atoms with van der Waals surface area (Å²) in [7, 11) is 0. The minimum absolute atomic E-state index is 0.0830. The Kier molecular flexibility index (Phi) is 5.48. The van der Waals surface area contributed by atoms with Crippen LogP contribution in [0.4, 0.5) is 0 Å². The van der Waals surface area contributed by atoms with Crippen molar-refractivity contribution in [2.24, 2.45) is 11.0 Å². The van der Waals surface area contributed by atoms with E-state index in [1.807, 2.05) is 18.2 Å². The van der Waals surface area contributed by atoms with Gasteiger partial charge in [-0.3, -0.25) is 9.59 Å². The second-order valence-electron chi connectivity index (χ2n) is 7.12. The van der Waals surface area contributed by atoms with Gasteiger partial charge in [0.15, 0.2) is 6.61 Å². The van der Waals surface area contributed by atoms with Gasteiger partial charge in [-0.05, 0) is 42.7 Å². The maximum atomic E-state index is 12.8. The third-order valence-corrected chi connectivity index (χ3v) is 5.49. The zero-order valence-electron chi connectivity index (χ0n) is 15.3. The van der Waals surface area contributed by atoms with Crippen LogP contribution in [0.1, 0.15) is 49.5 Å². The van der Waals surface area contributed by atoms with Gasteiger partial charge >= 0.3 is 5.97 Å². The van der Waals surface area contributed by atoms with Crippen LogP contribution in [-0.2, 0) is 14.3 Å². The molecule has 0 N–H and O–H groups in total. The van der Waals surface area contributed by atoms with Crippen molar-refractivity contribution in [3.05, 3.63) is 59.0 Å². The zero-order chi connectivity index (χ0) is 19.5. The van der Waals surface area contributed by atoms with Crippen molar-refractivity contribution in [2.45, 2.75) is 38.1 Å². The zero-order valence-corrected chi connectivity index (χ0v) is 16.1. The molecule has 2 aliphatic rings. The number of hydrogen-bond donors (Lipinski definition) is 0. The molecule has 0 unspecified atom stereocenters. The highest BCUT2D eigenvalue weighted by atomic mass is 35.5. The molecule has 146 valence electrons. The standard InChI is InChI=1S/C21H21ClN2O4/c22-16-9-7-14(8-10-16)17-12-18(19-6-3-11-27-19)24(23-17)20(25)13-28-21(26)15-4-1-2-5-15/h3,6-11,15,18H,1-2,4-5,12-13H2/t18-/m0/s1. The Hall–Kier alpha value is -2.60. The van der Waals surface area contributed by atoms with Crippen LogP contribution >= 0.6 is 11.6 Å². The highest BCUT2D eigenvalue weighted by Gasteiger charge is 2.35. The SMILES string of the molecule is O=C(OCC(=O)N1N=C(c2ccc(Cl)cc2)C[C@H]1c1ccco1)C1CCCC1. The van der Waals surface area contributed by atoms with Crippen molar-refractivity contribution in [2.75, 3.05) is 6.61 Å². The number of carbonyl (C=O) groups excluding carboxylic acids is 2. The van der Waals surface area contributed by atoms with Crippen LogP contribution in [0.3, 0.4) is 0 Å². The first-order chi connectivity index (χ1) is 13.6. The molecule has 2 aromatic rings. The van der Waals surface area contributed by atoms with Crippen molar-refractivity contribution in [1.29, 1.82) is 0 Å². The maximum absolute atomic E-state index is 12.8. The molecule has 1 aromatic heterocycles. The Morgan fingerprint density at radius 3 is 2.61 bits per heavy atom. The summed E-state index contributed by atoms with van der Waals surface area (Å²) in [4.78, 5) is 24.9. The lowest BCUT2D eigenvalue weighted by atomic mass is 10.0. The number of hydrogen-bond acceptors (Lipinski definition) is 5. The summed E-state index contributed by atoms with van der Waals surface area (Å²) >= 11 is 5.96. The van der Waals surface area contributed by atoms with Crippen LogP contribution < -0.4 is 0 Å². The molecule has 0 saturated heterocycles. The van der Waals surface area contributed by atoms with E-state index in [0.717, 1.165) is 37.0 Å². The summed E-state index contributed by atoms with van der Waals surface area (Å²) in [6.45, 7) is -0.316. The van der Waals surface area contributed by atoms with Crippen LogP contribution in [0, 0.1) is 5.92 Å². The Bertz CT molecular complexity index is 870. The van der Waals surface area contributed by atoms with Crippen molar-refractivity contribution in [3.8, 4) is 0 Å². The first-order valence-corrected chi connectivity index (χ1v) is 9.85. The third-order valence-electron chi connectivity index (χ3n) is 5.24. The highest BCUT2D eigenvalue weighted by Crippen LogP contribution is 2.33. The van der Waals surface area contributed by atoms with Gasteiger partial charge in [-0.2, -0.15) is 5.10 Å². The van der Waals surface area contributed by atoms with E-state index in [0.29, 0.717) is 17.2 Å². The molecule has 1 aliphatic heterocycles. The largest absolute Gasteiger partial charge is 0.467 e. The summed E-state index contributed by atoms with van der Waals surface area (Å²) < 4.78 is 10.8. The molecule has 1 fully saturated rings. The van der Waals surface area contributed by atoms with Crippen molar-refractivity contribution in [1.82, 2.24) is 5.01 Å². The van der Waals surface area contributed by atoms with Crippen LogP contribution in [0.2, 0.25) is 5.02 Å². The van der Waals surface area contributed by atoms with Crippen LogP contribution in [0.25, 0.3) is 0 Å². The number of hydrazone groups is 1. The van der Waals surface area contributed by atoms with Gasteiger partial charge in [-0.15, -0.1) is 0 Å². The quantitative estimate of drug-likeness (QED) is 0.699. The Morgan fingerprint density at radius 2 is 1.93 bits per heavy atom. The Morgan fingerprint density at radius 1 is 1.18 bits per heavy atom. The number of nitrogens with zero attached hydrogens (tertiary/aromatic N) is 2. The summed E-state index contributed by atoms with van der Waals surface area (Å²) in [5, 5.41) is 6.51. The lowest BCUT2D eigenvalue weighted by Gasteiger charge is -2.20. The molecule has 1 aromatic carbocycles. The van der Waals surface area contributed by atoms with E-state index < -0.39 is 0 Å². The van der Waals surface area contributed by atoms with E-state index in [1.54, 1.807) is 24.5 Å². The molecular formula is C21H21ClN2O4. The summed E-state index contributed by atoms with van der Waals surface area (Å²) in [5.74, 6) is -0.0956. The minimum Gasteiger partial charge on any atom is -0.467 e. The van der Waals surface area contributed by atoms with Gasteiger partial charge in [0.1, 0.15) is 11.8 Å². The van der Waals surface area contributed by atoms with Gasteiger partial charge < -0.3 is 9.15 Å². The number of carbonyl (C=O) groups is 2. The molecule has 6 nitrogen and oxygen atoms in total. The fourth-order valence-corrected chi connectivity index (χ4v) is 3.86. The smallest absolute Gasteiger partial charge is 0.309 e. The molecule has 0 spiro atoms. The molecule has 0 radical (unpaired) electrons. The molecule has 4 rings (SSSR count). The number of halogens is 1. The molecular weight excluding hydrogens is 380 g/mol. The number of furan rings is 1. The van der Waals surface area contributed by atoms with Crippen LogP contribution in [0.5, 0.6) is 0 Å². The monoisotopic (exact) mass is 400 g/mol. The second kappa shape index (κ2) is 8.19. The lowest BCUT2D eigenvalue weighted by Crippen LogP contribution is -2.32. The predicted molar refractivity (Wildman–Crippen MR) is 104 cm³/mol. The van der Waals surface area contributed by atoms with Crippen LogP contribution in [-0.4, -0.2) is 29.2 Å². The van der Waals surface area contributed by atoms with E-state index >= 15 is 0 Å². The van der Waals surface area contributed by atoms with Crippen molar-refractivity contribution in [3.63, 3.8) is 0 Å². The summed E-state index contributed by atoms with van der Waals surface area (Å²) in [6, 6.07) is 10.5. The van der Waals surface area contributed by atoms with Gasteiger partial charge in [0.05, 0.1) is 17.9 Å². The highest BCUT2D eigenvalue weighted by molar-refractivity contribution is 6.30. The van der Waals surface area contributed by atoms with E-state index in [1.165, 1.54) is 5.01 Å². The topological polar surface area (TPSA) is 72.1 Å². The molecule has 2 heterocycles. The summed E-state index contributed by atoms with van der Waals surface area (Å²) in [5.41, 5.74) is 1.65. The predicted octanol–water partition coefficient (Wildman–Crippen LogP) is 4.34. The average molecular weight is 401 g/mol. The van der Waals surface area contributed by atoms with E-state index in [9.17, 15) is 9.59 Å². The average Bonchev–Trinajstić information content (AvgIpc) is 3.47. The van der Waals surface area contributed by atoms with Crippen molar-refractivity contribution >= 4 is 29.2 Å². The van der Waals surface area contributed by atoms with Gasteiger partial charge in [0, 0.05) is 11.4 Å². The van der Waals surface area contributed by atoms with Gasteiger partial charge in [0.25, 0.3) is 5.91 Å². The lowest BCUT2D eigenvalue weighted by molar-refractivity contribution is -0.156. The Balaban J connectivity index is 1.49. The fourth-order valence-electron chi connectivity index (χ4n) is 3.74. The van der Waals surface area contributed by atoms with Gasteiger partial charge in [0.2, 0.25) is 0 Å². The molecule has 1 atom stereocenters. The molecule has 1 saturated carbocycles. The number of esters is 1. The normalized spacial score (nSPS) is 19.7. The number of rotatable bonds is 5. The molecule has 7 heteroatoms. The first kappa shape index (κ1) is 18.7. The molecule has 28 heavy (non-hydrogen) atoms. The fraction of sp³-hybridized carbons (Fsp3) is 0.381. The number of amides is 1. The molecule has 1 aliphatic carbocycles. The Labute approximate surface area is 168 Å². The third kappa shape index (κ3) is 3.97. The van der Waals surface area contributed by atoms with E-state index in [-0.39, 0.29) is 30.4 Å². The number of ether oxygens (including phenoxy) is 1. The van der Waals surface area contributed by atoms with E-state index in [4.69, 9.17) is 20.8 Å². The second-order valence-corrected chi connectivity index (χ2v) is 7.55.